The van der Waals surface area contributed by atoms with Crippen LogP contribution in [-0.4, -0.2) is 36.2 Å². The summed E-state index contributed by atoms with van der Waals surface area (Å²) in [6.45, 7) is 1.87. The van der Waals surface area contributed by atoms with Crippen LogP contribution in [0.3, 0.4) is 0 Å². The molecule has 1 aromatic carbocycles. The number of carbonyl (C=O) groups excluding carboxylic acids is 2. The fourth-order valence-electron chi connectivity index (χ4n) is 2.05. The fraction of sp³-hybridized carbons (Fsp3) is 0.467. The third kappa shape index (κ3) is 3.50. The van der Waals surface area contributed by atoms with Crippen molar-refractivity contribution in [1.29, 1.82) is 0 Å². The molecule has 0 unspecified atom stereocenters. The minimum atomic E-state index is -0.615. The van der Waals surface area contributed by atoms with Crippen molar-refractivity contribution in [1.82, 2.24) is 4.90 Å². The van der Waals surface area contributed by atoms with Gasteiger partial charge in [-0.2, -0.15) is 0 Å². The van der Waals surface area contributed by atoms with Gasteiger partial charge in [-0.05, 0) is 25.3 Å². The van der Waals surface area contributed by atoms with Gasteiger partial charge in [0.25, 0.3) is 0 Å². The highest BCUT2D eigenvalue weighted by molar-refractivity contribution is 5.81. The summed E-state index contributed by atoms with van der Waals surface area (Å²) < 4.78 is 9.98. The maximum absolute atomic E-state index is 12.2. The number of rotatable bonds is 5. The molecule has 1 fully saturated rings. The molecule has 2 rings (SSSR count). The smallest absolute Gasteiger partial charge is 0.411 e. The average Bonchev–Trinajstić information content (AvgIpc) is 3.30. The number of nitrogens with zero attached hydrogens (tertiary/aromatic N) is 1. The average molecular weight is 277 g/mol. The first-order chi connectivity index (χ1) is 9.63. The van der Waals surface area contributed by atoms with Crippen molar-refractivity contribution in [2.75, 3.05) is 7.11 Å². The van der Waals surface area contributed by atoms with Crippen molar-refractivity contribution in [2.45, 2.75) is 38.5 Å². The molecule has 0 aromatic heterocycles. The standard InChI is InChI=1S/C15H19NO4/c1-11(14(17)19-2)16(13-8-9-13)15(18)20-10-12-6-4-3-5-7-12/h3-7,11,13H,8-10H2,1-2H3/t11-/m0/s1. The number of methoxy groups -OCH3 is 1. The molecule has 1 aliphatic carbocycles. The molecule has 0 heterocycles. The number of benzene rings is 1. The second-order valence-electron chi connectivity index (χ2n) is 4.88. The molecule has 0 saturated heterocycles. The first-order valence-corrected chi connectivity index (χ1v) is 6.70. The van der Waals surface area contributed by atoms with E-state index in [1.807, 2.05) is 30.3 Å². The summed E-state index contributed by atoms with van der Waals surface area (Å²) in [6.07, 6.45) is 1.35. The van der Waals surface area contributed by atoms with Gasteiger partial charge in [-0.1, -0.05) is 30.3 Å². The lowest BCUT2D eigenvalue weighted by Gasteiger charge is -2.26. The summed E-state index contributed by atoms with van der Waals surface area (Å²) in [7, 11) is 1.32. The SMILES string of the molecule is COC(=O)[C@H](C)N(C(=O)OCc1ccccc1)C1CC1. The molecule has 0 bridgehead atoms. The van der Waals surface area contributed by atoms with E-state index in [4.69, 9.17) is 9.47 Å². The van der Waals surface area contributed by atoms with E-state index in [9.17, 15) is 9.59 Å². The van der Waals surface area contributed by atoms with E-state index in [0.717, 1.165) is 18.4 Å². The highest BCUT2D eigenvalue weighted by atomic mass is 16.6. The summed E-state index contributed by atoms with van der Waals surface area (Å²) in [4.78, 5) is 25.2. The molecule has 5 heteroatoms. The minimum Gasteiger partial charge on any atom is -0.467 e. The van der Waals surface area contributed by atoms with Crippen molar-refractivity contribution in [3.05, 3.63) is 35.9 Å². The van der Waals surface area contributed by atoms with Crippen LogP contribution in [0.2, 0.25) is 0 Å². The highest BCUT2D eigenvalue weighted by Gasteiger charge is 2.39. The molecule has 108 valence electrons. The molecular weight excluding hydrogens is 258 g/mol. The van der Waals surface area contributed by atoms with Gasteiger partial charge in [0, 0.05) is 6.04 Å². The van der Waals surface area contributed by atoms with Crippen molar-refractivity contribution < 1.29 is 19.1 Å². The zero-order chi connectivity index (χ0) is 14.5. The van der Waals surface area contributed by atoms with Crippen LogP contribution < -0.4 is 0 Å². The Hall–Kier alpha value is -2.04. The quantitative estimate of drug-likeness (QED) is 0.775. The van der Waals surface area contributed by atoms with Crippen molar-refractivity contribution >= 4 is 12.1 Å². The third-order valence-corrected chi connectivity index (χ3v) is 3.32. The number of esters is 1. The molecule has 1 amide bonds. The Morgan fingerprint density at radius 1 is 1.30 bits per heavy atom. The van der Waals surface area contributed by atoms with Crippen LogP contribution in [-0.2, 0) is 20.9 Å². The molecular formula is C15H19NO4. The summed E-state index contributed by atoms with van der Waals surface area (Å²) >= 11 is 0. The number of hydrogen-bond acceptors (Lipinski definition) is 4. The zero-order valence-electron chi connectivity index (χ0n) is 11.7. The van der Waals surface area contributed by atoms with Gasteiger partial charge >= 0.3 is 12.1 Å². The summed E-state index contributed by atoms with van der Waals surface area (Å²) in [6, 6.07) is 8.93. The third-order valence-electron chi connectivity index (χ3n) is 3.32. The van der Waals surface area contributed by atoms with E-state index in [1.165, 1.54) is 12.0 Å². The number of amides is 1. The second kappa shape index (κ2) is 6.41. The van der Waals surface area contributed by atoms with Gasteiger partial charge in [-0.15, -0.1) is 0 Å². The van der Waals surface area contributed by atoms with E-state index in [0.29, 0.717) is 0 Å². The number of hydrogen-bond donors (Lipinski definition) is 0. The van der Waals surface area contributed by atoms with E-state index in [2.05, 4.69) is 0 Å². The van der Waals surface area contributed by atoms with Crippen LogP contribution >= 0.6 is 0 Å². The van der Waals surface area contributed by atoms with Gasteiger partial charge in [0.05, 0.1) is 7.11 Å². The van der Waals surface area contributed by atoms with Crippen LogP contribution in [0.25, 0.3) is 0 Å². The van der Waals surface area contributed by atoms with Gasteiger partial charge in [-0.25, -0.2) is 9.59 Å². The Kier molecular flexibility index (Phi) is 4.61. The lowest BCUT2D eigenvalue weighted by Crippen LogP contribution is -2.45. The normalized spacial score (nSPS) is 15.3. The lowest BCUT2D eigenvalue weighted by atomic mass is 10.2. The minimum absolute atomic E-state index is 0.0902. The summed E-state index contributed by atoms with van der Waals surface area (Å²) in [5.41, 5.74) is 0.919. The topological polar surface area (TPSA) is 55.8 Å². The van der Waals surface area contributed by atoms with E-state index >= 15 is 0 Å². The maximum atomic E-state index is 12.2. The Bertz CT molecular complexity index is 470. The Balaban J connectivity index is 1.95. The van der Waals surface area contributed by atoms with Gasteiger partial charge in [0.15, 0.2) is 0 Å². The Morgan fingerprint density at radius 2 is 1.95 bits per heavy atom. The van der Waals surface area contributed by atoms with E-state index in [-0.39, 0.29) is 12.6 Å². The molecule has 0 radical (unpaired) electrons. The predicted octanol–water partition coefficient (Wildman–Crippen LogP) is 2.35. The second-order valence-corrected chi connectivity index (χ2v) is 4.88. The van der Waals surface area contributed by atoms with Gasteiger partial charge < -0.3 is 9.47 Å². The molecule has 0 N–H and O–H groups in total. The van der Waals surface area contributed by atoms with Crippen LogP contribution in [0.4, 0.5) is 4.79 Å². The fourth-order valence-corrected chi connectivity index (χ4v) is 2.05. The first-order valence-electron chi connectivity index (χ1n) is 6.70. The highest BCUT2D eigenvalue weighted by Crippen LogP contribution is 2.29. The molecule has 1 saturated carbocycles. The summed E-state index contributed by atoms with van der Waals surface area (Å²) in [5.74, 6) is -0.423. The van der Waals surface area contributed by atoms with E-state index in [1.54, 1.807) is 6.92 Å². The molecule has 0 spiro atoms. The molecule has 20 heavy (non-hydrogen) atoms. The monoisotopic (exact) mass is 277 g/mol. The van der Waals surface area contributed by atoms with Crippen molar-refractivity contribution in [2.24, 2.45) is 0 Å². The number of ether oxygens (including phenoxy) is 2. The van der Waals surface area contributed by atoms with Crippen LogP contribution in [0.1, 0.15) is 25.3 Å². The molecule has 1 aromatic rings. The molecule has 0 aliphatic heterocycles. The van der Waals surface area contributed by atoms with E-state index < -0.39 is 18.1 Å². The molecule has 1 aliphatic rings. The van der Waals surface area contributed by atoms with Crippen molar-refractivity contribution in [3.8, 4) is 0 Å². The molecule has 5 nitrogen and oxygen atoms in total. The van der Waals surface area contributed by atoms with Crippen molar-refractivity contribution in [3.63, 3.8) is 0 Å². The first kappa shape index (κ1) is 14.4. The predicted molar refractivity (Wildman–Crippen MR) is 73.0 cm³/mol. The molecule has 1 atom stereocenters. The Morgan fingerprint density at radius 3 is 2.50 bits per heavy atom. The van der Waals surface area contributed by atoms with Crippen LogP contribution in [0.5, 0.6) is 0 Å². The largest absolute Gasteiger partial charge is 0.467 e. The maximum Gasteiger partial charge on any atom is 0.411 e. The zero-order valence-corrected chi connectivity index (χ0v) is 11.7. The van der Waals surface area contributed by atoms with Crippen LogP contribution in [0.15, 0.2) is 30.3 Å². The lowest BCUT2D eigenvalue weighted by molar-refractivity contribution is -0.146. The number of carbonyl (C=O) groups is 2. The van der Waals surface area contributed by atoms with Gasteiger partial charge in [-0.3, -0.25) is 4.90 Å². The van der Waals surface area contributed by atoms with Gasteiger partial charge in [0.1, 0.15) is 12.6 Å². The Labute approximate surface area is 118 Å². The van der Waals surface area contributed by atoms with Gasteiger partial charge in [0.2, 0.25) is 0 Å². The summed E-state index contributed by atoms with van der Waals surface area (Å²) in [5, 5.41) is 0. The van der Waals surface area contributed by atoms with Crippen LogP contribution in [0, 0.1) is 0 Å².